The molecule has 0 fully saturated rings. The number of esters is 1. The van der Waals surface area contributed by atoms with Gasteiger partial charge in [0, 0.05) is 11.9 Å². The molecule has 0 radical (unpaired) electrons. The molecule has 4 nitrogen and oxygen atoms in total. The summed E-state index contributed by atoms with van der Waals surface area (Å²) in [5.74, 6) is -2.42. The first-order chi connectivity index (χ1) is 13.5. The molecular weight excluding hydrogens is 362 g/mol. The molecule has 0 aliphatic carbocycles. The molecule has 2 heterocycles. The van der Waals surface area contributed by atoms with Gasteiger partial charge in [-0.25, -0.2) is 13.6 Å². The van der Waals surface area contributed by atoms with Crippen LogP contribution in [0.25, 0.3) is 22.2 Å². The third-order valence-corrected chi connectivity index (χ3v) is 4.83. The predicted octanol–water partition coefficient (Wildman–Crippen LogP) is 4.25. The van der Waals surface area contributed by atoms with Crippen molar-refractivity contribution in [2.75, 3.05) is 6.61 Å². The Hall–Kier alpha value is -3.41. The molecule has 0 atom stereocenters. The van der Waals surface area contributed by atoms with E-state index >= 15 is 0 Å². The zero-order valence-corrected chi connectivity index (χ0v) is 15.2. The number of fused-ring (bicyclic) bond motifs is 3. The number of halogens is 2. The van der Waals surface area contributed by atoms with E-state index in [-0.39, 0.29) is 23.3 Å². The molecule has 1 aromatic heterocycles. The minimum Gasteiger partial charge on any atom is -0.462 e. The van der Waals surface area contributed by atoms with Crippen molar-refractivity contribution < 1.29 is 18.3 Å². The molecule has 2 N–H and O–H groups in total. The van der Waals surface area contributed by atoms with Gasteiger partial charge in [-0.2, -0.15) is 0 Å². The molecular formula is C22H18F2N2O2. The number of carbonyl (C=O) groups is 1. The quantitative estimate of drug-likeness (QED) is 0.691. The maximum Gasteiger partial charge on any atom is 0.340 e. The average molecular weight is 380 g/mol. The normalized spacial score (nSPS) is 13.9. The molecule has 0 saturated heterocycles. The van der Waals surface area contributed by atoms with E-state index in [4.69, 9.17) is 10.5 Å². The Balaban J connectivity index is 1.99. The van der Waals surface area contributed by atoms with E-state index in [2.05, 4.69) is 0 Å². The number of allylic oxidation sites excluding steroid dienone is 1. The molecule has 28 heavy (non-hydrogen) atoms. The lowest BCUT2D eigenvalue weighted by Crippen LogP contribution is -2.15. The van der Waals surface area contributed by atoms with Crippen LogP contribution in [0, 0.1) is 11.6 Å². The van der Waals surface area contributed by atoms with Gasteiger partial charge in [0.05, 0.1) is 29.1 Å². The molecule has 0 spiro atoms. The summed E-state index contributed by atoms with van der Waals surface area (Å²) >= 11 is 0. The second kappa shape index (κ2) is 6.96. The molecule has 142 valence electrons. The summed E-state index contributed by atoms with van der Waals surface area (Å²) in [4.78, 5) is 12.7. The van der Waals surface area contributed by atoms with Crippen LogP contribution in [0.4, 0.5) is 8.78 Å². The third-order valence-electron chi connectivity index (χ3n) is 4.83. The molecule has 6 heteroatoms. The lowest BCUT2D eigenvalue weighted by atomic mass is 9.95. The second-order valence-corrected chi connectivity index (χ2v) is 6.43. The van der Waals surface area contributed by atoms with Gasteiger partial charge in [0.1, 0.15) is 0 Å². The topological polar surface area (TPSA) is 57.2 Å². The molecule has 2 aromatic carbocycles. The Morgan fingerprint density at radius 1 is 1.18 bits per heavy atom. The summed E-state index contributed by atoms with van der Waals surface area (Å²) in [7, 11) is 0. The van der Waals surface area contributed by atoms with Crippen LogP contribution in [-0.4, -0.2) is 17.1 Å². The van der Waals surface area contributed by atoms with Gasteiger partial charge in [-0.15, -0.1) is 0 Å². The summed E-state index contributed by atoms with van der Waals surface area (Å²) in [6, 6.07) is 13.5. The van der Waals surface area contributed by atoms with Crippen molar-refractivity contribution in [1.82, 2.24) is 4.57 Å². The maximum atomic E-state index is 14.3. The second-order valence-electron chi connectivity index (χ2n) is 6.43. The van der Waals surface area contributed by atoms with Gasteiger partial charge in [0.25, 0.3) is 0 Å². The summed E-state index contributed by atoms with van der Waals surface area (Å²) in [5, 5.41) is 0.123. The summed E-state index contributed by atoms with van der Waals surface area (Å²) in [6.07, 6.45) is 1.85. The number of aromatic nitrogens is 1. The first-order valence-corrected chi connectivity index (χ1v) is 8.93. The van der Waals surface area contributed by atoms with Crippen molar-refractivity contribution in [2.24, 2.45) is 5.73 Å². The number of hydrogen-bond donors (Lipinski definition) is 1. The first kappa shape index (κ1) is 18.0. The Morgan fingerprint density at radius 3 is 2.64 bits per heavy atom. The number of benzene rings is 2. The zero-order chi connectivity index (χ0) is 19.8. The fourth-order valence-electron chi connectivity index (χ4n) is 3.55. The van der Waals surface area contributed by atoms with E-state index < -0.39 is 17.6 Å². The third kappa shape index (κ3) is 2.78. The van der Waals surface area contributed by atoms with Crippen molar-refractivity contribution in [3.05, 3.63) is 83.1 Å². The molecule has 4 rings (SSSR count). The standard InChI is InChI=1S/C22H18F2N2O2/c1-2-28-22(27)19-14(13-6-4-3-5-7-13)10-11-26-17-9-8-16(23)20(24)15(17)12-18(26)21(19)25/h3-10,12H,2,11,25H2,1H3. The molecule has 0 unspecified atom stereocenters. The smallest absolute Gasteiger partial charge is 0.340 e. The lowest BCUT2D eigenvalue weighted by Gasteiger charge is -2.13. The largest absolute Gasteiger partial charge is 0.462 e. The fourth-order valence-corrected chi connectivity index (χ4v) is 3.55. The number of nitrogens with two attached hydrogens (primary N) is 1. The number of ether oxygens (including phenoxy) is 1. The molecule has 0 saturated carbocycles. The minimum atomic E-state index is -0.934. The van der Waals surface area contributed by atoms with Gasteiger partial charge < -0.3 is 15.0 Å². The maximum absolute atomic E-state index is 14.3. The van der Waals surface area contributed by atoms with Crippen LogP contribution in [0.2, 0.25) is 0 Å². The van der Waals surface area contributed by atoms with E-state index in [1.165, 1.54) is 12.1 Å². The van der Waals surface area contributed by atoms with Crippen LogP contribution in [0.3, 0.4) is 0 Å². The lowest BCUT2D eigenvalue weighted by molar-refractivity contribution is -0.137. The van der Waals surface area contributed by atoms with Gasteiger partial charge in [-0.05, 0) is 36.3 Å². The van der Waals surface area contributed by atoms with Gasteiger partial charge in [0.2, 0.25) is 0 Å². The Bertz CT molecular complexity index is 1140. The molecule has 3 aromatic rings. The van der Waals surface area contributed by atoms with Crippen LogP contribution in [0.15, 0.2) is 60.2 Å². The SMILES string of the molecule is CCOC(=O)C1=C(N)c2cc3c(F)c(F)ccc3n2CC=C1c1ccccc1. The Labute approximate surface area is 160 Å². The van der Waals surface area contributed by atoms with Gasteiger partial charge in [0.15, 0.2) is 11.6 Å². The highest BCUT2D eigenvalue weighted by molar-refractivity contribution is 6.13. The van der Waals surface area contributed by atoms with Crippen LogP contribution in [0.1, 0.15) is 18.2 Å². The van der Waals surface area contributed by atoms with Crippen molar-refractivity contribution in [3.63, 3.8) is 0 Å². The minimum absolute atomic E-state index is 0.123. The molecule has 1 aliphatic rings. The number of hydrogen-bond acceptors (Lipinski definition) is 3. The predicted molar refractivity (Wildman–Crippen MR) is 104 cm³/mol. The van der Waals surface area contributed by atoms with Gasteiger partial charge in [-0.1, -0.05) is 36.4 Å². The van der Waals surface area contributed by atoms with Crippen LogP contribution in [-0.2, 0) is 16.1 Å². The van der Waals surface area contributed by atoms with Gasteiger partial charge in [-0.3, -0.25) is 0 Å². The van der Waals surface area contributed by atoms with Crippen molar-refractivity contribution >= 4 is 28.1 Å². The fraction of sp³-hybridized carbons (Fsp3) is 0.136. The van der Waals surface area contributed by atoms with E-state index in [1.54, 1.807) is 11.5 Å². The number of rotatable bonds is 3. The number of nitrogens with zero attached hydrogens (tertiary/aromatic N) is 1. The number of carbonyl (C=O) groups excluding carboxylic acids is 1. The summed E-state index contributed by atoms with van der Waals surface area (Å²) in [6.45, 7) is 2.25. The summed E-state index contributed by atoms with van der Waals surface area (Å²) < 4.78 is 34.9. The van der Waals surface area contributed by atoms with Crippen LogP contribution in [0.5, 0.6) is 0 Å². The summed E-state index contributed by atoms with van der Waals surface area (Å²) in [5.41, 5.74) is 9.21. The highest BCUT2D eigenvalue weighted by atomic mass is 19.2. The van der Waals surface area contributed by atoms with Crippen molar-refractivity contribution in [3.8, 4) is 0 Å². The van der Waals surface area contributed by atoms with E-state index in [9.17, 15) is 13.6 Å². The zero-order valence-electron chi connectivity index (χ0n) is 15.2. The molecule has 1 aliphatic heterocycles. The Kier molecular flexibility index (Phi) is 4.47. The molecule has 0 bridgehead atoms. The monoisotopic (exact) mass is 380 g/mol. The van der Waals surface area contributed by atoms with E-state index in [0.717, 1.165) is 11.6 Å². The van der Waals surface area contributed by atoms with E-state index in [0.29, 0.717) is 23.3 Å². The van der Waals surface area contributed by atoms with Gasteiger partial charge >= 0.3 is 5.97 Å². The van der Waals surface area contributed by atoms with E-state index in [1.807, 2.05) is 36.4 Å². The van der Waals surface area contributed by atoms with Crippen LogP contribution >= 0.6 is 0 Å². The first-order valence-electron chi connectivity index (χ1n) is 8.93. The van der Waals surface area contributed by atoms with Crippen molar-refractivity contribution in [1.29, 1.82) is 0 Å². The Morgan fingerprint density at radius 2 is 1.93 bits per heavy atom. The van der Waals surface area contributed by atoms with Crippen LogP contribution < -0.4 is 5.73 Å². The highest BCUT2D eigenvalue weighted by Crippen LogP contribution is 2.35. The highest BCUT2D eigenvalue weighted by Gasteiger charge is 2.27. The van der Waals surface area contributed by atoms with Crippen molar-refractivity contribution in [2.45, 2.75) is 13.5 Å². The molecule has 0 amide bonds. The average Bonchev–Trinajstić information content (AvgIpc) is 3.00.